The minimum Gasteiger partial charge on any atom is -0.507 e. The van der Waals surface area contributed by atoms with Crippen LogP contribution in [0.15, 0.2) is 28.9 Å². The molecule has 6 rings (SSSR count). The highest BCUT2D eigenvalue weighted by Gasteiger charge is 2.72. The number of nitrogens with one attached hydrogen (secondary N) is 1. The normalized spacial score (nSPS) is 32.5. The summed E-state index contributed by atoms with van der Waals surface area (Å²) in [4.78, 5) is 59.5. The third-order valence-electron chi connectivity index (χ3n) is 10.2. The average molecular weight is 697 g/mol. The molecule has 0 bridgehead atoms. The summed E-state index contributed by atoms with van der Waals surface area (Å²) in [6.07, 6.45) is -5.82. The lowest BCUT2D eigenvalue weighted by atomic mass is 9.56. The second-order valence-corrected chi connectivity index (χ2v) is 12.6. The van der Waals surface area contributed by atoms with Crippen LogP contribution in [-0.2, 0) is 31.0 Å². The molecular formula is C34H36N2O14. The van der Waals surface area contributed by atoms with Crippen LogP contribution in [0, 0.1) is 6.92 Å². The summed E-state index contributed by atoms with van der Waals surface area (Å²) in [5.74, 6) is -6.93. The fraction of sp³-hybridized carbons (Fsp3) is 0.441. The first-order valence-electron chi connectivity index (χ1n) is 15.5. The largest absolute Gasteiger partial charge is 0.507 e. The number of benzene rings is 2. The summed E-state index contributed by atoms with van der Waals surface area (Å²) in [5.41, 5.74) is -9.50. The molecule has 1 saturated heterocycles. The molecule has 16 nitrogen and oxygen atoms in total. The maximum absolute atomic E-state index is 14.6. The van der Waals surface area contributed by atoms with Crippen molar-refractivity contribution in [1.82, 2.24) is 5.32 Å². The number of aryl methyl sites for hydroxylation is 1. The standard InChI is InChI=1S/C34H36N2O14/c1-11-7-13-8-18(37)34(49-6)30(43)21-15(29(42)33(34,46)22(13)25(40)19(11)32(44)45)9-14-20(24(21)39)16(35-3)10-17(23(14)38)36-31-28(48-5)26(41)27(47-4)12(2)50-31/h7,9-10,12,18,26-28,31,36-37,39-41,46H,8H2,1-6H3,(H,44,45). The van der Waals surface area contributed by atoms with Crippen molar-refractivity contribution < 1.29 is 68.8 Å². The zero-order chi connectivity index (χ0) is 36.8. The number of ketones is 3. The summed E-state index contributed by atoms with van der Waals surface area (Å²) < 4.78 is 22.2. The Balaban J connectivity index is 1.54. The van der Waals surface area contributed by atoms with Gasteiger partial charge >= 0.3 is 5.97 Å². The number of ether oxygens (including phenoxy) is 4. The lowest BCUT2D eigenvalue weighted by Crippen LogP contribution is -2.73. The summed E-state index contributed by atoms with van der Waals surface area (Å²) in [6, 6.07) is 2.24. The quantitative estimate of drug-likeness (QED) is 0.208. The van der Waals surface area contributed by atoms with Crippen LogP contribution in [-0.4, -0.2) is 130 Å². The van der Waals surface area contributed by atoms with Gasteiger partial charge in [0.05, 0.1) is 34.7 Å². The van der Waals surface area contributed by atoms with Crippen LogP contribution in [0.3, 0.4) is 0 Å². The Morgan fingerprint density at radius 3 is 2.24 bits per heavy atom. The van der Waals surface area contributed by atoms with Gasteiger partial charge in [-0.2, -0.15) is 0 Å². The van der Waals surface area contributed by atoms with E-state index in [1.54, 1.807) is 6.92 Å². The topological polar surface area (TPSA) is 251 Å². The number of aliphatic hydroxyl groups is 3. The zero-order valence-corrected chi connectivity index (χ0v) is 27.8. The van der Waals surface area contributed by atoms with Crippen LogP contribution in [0.25, 0.3) is 0 Å². The number of hydrogen-bond acceptors (Lipinski definition) is 15. The number of methoxy groups -OCH3 is 3. The van der Waals surface area contributed by atoms with Crippen molar-refractivity contribution in [2.75, 3.05) is 28.4 Å². The highest BCUT2D eigenvalue weighted by Crippen LogP contribution is 2.56. The van der Waals surface area contributed by atoms with Crippen LogP contribution in [0.1, 0.15) is 70.6 Å². The van der Waals surface area contributed by atoms with Crippen LogP contribution in [0.4, 0.5) is 0 Å². The fourth-order valence-electron chi connectivity index (χ4n) is 7.95. The smallest absolute Gasteiger partial charge is 0.339 e. The third-order valence-corrected chi connectivity index (χ3v) is 10.2. The first-order valence-corrected chi connectivity index (χ1v) is 15.5. The van der Waals surface area contributed by atoms with Gasteiger partial charge in [0, 0.05) is 51.5 Å². The Morgan fingerprint density at radius 2 is 1.66 bits per heavy atom. The number of Topliss-reactive ketones (excluding diaryl/α,β-unsaturated/α-hetero) is 3. The van der Waals surface area contributed by atoms with Crippen molar-refractivity contribution in [3.05, 3.63) is 68.4 Å². The number of hydrogen-bond donors (Lipinski definition) is 7. The number of phenolic OH excluding ortho intramolecular Hbond substituents is 1. The molecule has 0 amide bonds. The Morgan fingerprint density at radius 1 is 1.00 bits per heavy atom. The van der Waals surface area contributed by atoms with E-state index in [0.717, 1.165) is 13.2 Å². The third kappa shape index (κ3) is 4.40. The molecule has 1 heterocycles. The van der Waals surface area contributed by atoms with Gasteiger partial charge in [0.15, 0.2) is 17.4 Å². The van der Waals surface area contributed by atoms with Gasteiger partial charge in [-0.05, 0) is 37.1 Å². The summed E-state index contributed by atoms with van der Waals surface area (Å²) in [7, 11) is 5.01. The van der Waals surface area contributed by atoms with E-state index >= 15 is 0 Å². The van der Waals surface area contributed by atoms with Crippen molar-refractivity contribution >= 4 is 29.0 Å². The van der Waals surface area contributed by atoms with E-state index in [1.807, 2.05) is 0 Å². The molecule has 266 valence electrons. The lowest BCUT2D eigenvalue weighted by Gasteiger charge is -2.53. The first kappa shape index (κ1) is 35.3. The molecule has 4 aliphatic rings. The average Bonchev–Trinajstić information content (AvgIpc) is 3.04. The number of allylic oxidation sites excluding steroid dienone is 2. The van der Waals surface area contributed by atoms with E-state index in [4.69, 9.17) is 18.9 Å². The molecule has 1 fully saturated rings. The maximum Gasteiger partial charge on any atom is 0.339 e. The summed E-state index contributed by atoms with van der Waals surface area (Å²) in [5, 5.41) is 70.4. The second-order valence-electron chi connectivity index (χ2n) is 12.6. The highest BCUT2D eigenvalue weighted by atomic mass is 16.6. The molecule has 2 aromatic carbocycles. The number of carbonyl (C=O) groups excluding carboxylic acids is 3. The minimum atomic E-state index is -3.23. The molecule has 7 N–H and O–H groups in total. The molecule has 0 spiro atoms. The number of aromatic carboxylic acids is 1. The van der Waals surface area contributed by atoms with E-state index in [9.17, 15) is 49.8 Å². The Hall–Kier alpha value is -4.55. The van der Waals surface area contributed by atoms with E-state index < -0.39 is 111 Å². The number of aliphatic imine (C=N–C) groups is 1. The molecule has 2 aromatic rings. The van der Waals surface area contributed by atoms with Gasteiger partial charge in [-0.15, -0.1) is 0 Å². The zero-order valence-electron chi connectivity index (χ0n) is 27.8. The number of carboxylic acid groups (broad SMARTS) is 1. The molecule has 16 heteroatoms. The Kier molecular flexibility index (Phi) is 8.50. The molecule has 1 aliphatic heterocycles. The van der Waals surface area contributed by atoms with Gasteiger partial charge in [-0.1, -0.05) is 6.07 Å². The SMILES string of the molecule is CN=C1C=C(NC2OC(C)C(OC)C(O)C2OC)C(=O)c2cc3c(c(O)c21)C(=O)C1(OC)C(O)Cc2cc(C)c(C(=O)O)c(O)c2C1(O)C3=O. The van der Waals surface area contributed by atoms with Crippen LogP contribution in [0.5, 0.6) is 11.5 Å². The second kappa shape index (κ2) is 12.1. The van der Waals surface area contributed by atoms with Gasteiger partial charge in [-0.25, -0.2) is 4.79 Å². The Labute approximate surface area is 284 Å². The molecule has 8 unspecified atom stereocenters. The molecule has 3 aliphatic carbocycles. The number of phenols is 2. The fourth-order valence-corrected chi connectivity index (χ4v) is 7.95. The highest BCUT2D eigenvalue weighted by molar-refractivity contribution is 6.31. The van der Waals surface area contributed by atoms with Crippen molar-refractivity contribution in [3.63, 3.8) is 0 Å². The van der Waals surface area contributed by atoms with Gasteiger partial charge in [-0.3, -0.25) is 19.4 Å². The van der Waals surface area contributed by atoms with E-state index in [-0.39, 0.29) is 33.7 Å². The molecule has 8 atom stereocenters. The van der Waals surface area contributed by atoms with Gasteiger partial charge < -0.3 is 54.9 Å². The monoisotopic (exact) mass is 696 g/mol. The van der Waals surface area contributed by atoms with Crippen molar-refractivity contribution in [2.24, 2.45) is 4.99 Å². The number of aromatic hydroxyl groups is 2. The number of rotatable bonds is 6. The predicted molar refractivity (Wildman–Crippen MR) is 170 cm³/mol. The number of carbonyl (C=O) groups is 4. The Bertz CT molecular complexity index is 1940. The summed E-state index contributed by atoms with van der Waals surface area (Å²) >= 11 is 0. The van der Waals surface area contributed by atoms with Gasteiger partial charge in [0.2, 0.25) is 17.3 Å². The number of nitrogens with zero attached hydrogens (tertiary/aromatic N) is 1. The first-order chi connectivity index (χ1) is 23.6. The van der Waals surface area contributed by atoms with E-state index in [0.29, 0.717) is 0 Å². The number of carboxylic acids is 1. The van der Waals surface area contributed by atoms with Crippen LogP contribution < -0.4 is 5.32 Å². The molecular weight excluding hydrogens is 660 g/mol. The molecule has 0 saturated carbocycles. The number of fused-ring (bicyclic) bond motifs is 5. The van der Waals surface area contributed by atoms with Crippen molar-refractivity contribution in [1.29, 1.82) is 0 Å². The maximum atomic E-state index is 14.6. The van der Waals surface area contributed by atoms with E-state index in [1.165, 1.54) is 40.3 Å². The molecule has 0 radical (unpaired) electrons. The lowest BCUT2D eigenvalue weighted by molar-refractivity contribution is -0.236. The summed E-state index contributed by atoms with van der Waals surface area (Å²) in [6.45, 7) is 3.02. The van der Waals surface area contributed by atoms with Gasteiger partial charge in [0.1, 0.15) is 35.4 Å². The van der Waals surface area contributed by atoms with Crippen molar-refractivity contribution in [2.45, 2.75) is 68.2 Å². The molecule has 50 heavy (non-hydrogen) atoms. The molecule has 0 aromatic heterocycles. The van der Waals surface area contributed by atoms with Crippen LogP contribution >= 0.6 is 0 Å². The predicted octanol–water partition coefficient (Wildman–Crippen LogP) is -0.102. The van der Waals surface area contributed by atoms with Crippen LogP contribution in [0.2, 0.25) is 0 Å². The minimum absolute atomic E-state index is 0.0168. The van der Waals surface area contributed by atoms with E-state index in [2.05, 4.69) is 10.3 Å². The van der Waals surface area contributed by atoms with Crippen molar-refractivity contribution in [3.8, 4) is 11.5 Å². The van der Waals surface area contributed by atoms with Gasteiger partial charge in [0.25, 0.3) is 0 Å². The number of aliphatic hydroxyl groups excluding tert-OH is 2.